The molecule has 0 aliphatic heterocycles. The zero-order valence-corrected chi connectivity index (χ0v) is 11.3. The first-order valence-electron chi connectivity index (χ1n) is 3.71. The summed E-state index contributed by atoms with van der Waals surface area (Å²) in [6.07, 6.45) is -2.57. The van der Waals surface area contributed by atoms with Crippen LogP contribution in [0, 0.1) is 0 Å². The summed E-state index contributed by atoms with van der Waals surface area (Å²) in [6, 6.07) is 5.42. The van der Waals surface area contributed by atoms with Gasteiger partial charge in [0, 0.05) is 6.26 Å². The van der Waals surface area contributed by atoms with Crippen molar-refractivity contribution >= 4 is 38.4 Å². The summed E-state index contributed by atoms with van der Waals surface area (Å²) in [5.41, 5.74) is 0. The van der Waals surface area contributed by atoms with Crippen LogP contribution in [0.1, 0.15) is 0 Å². The lowest BCUT2D eigenvalue weighted by atomic mass is 10.3. The Bertz CT molecular complexity index is 470. The maximum atomic E-state index is 10.9. The van der Waals surface area contributed by atoms with Gasteiger partial charge in [0.15, 0.2) is 9.84 Å². The summed E-state index contributed by atoms with van der Waals surface area (Å²) in [5.74, 6) is 0.0670. The molecule has 0 fully saturated rings. The fourth-order valence-corrected chi connectivity index (χ4v) is 1.32. The highest BCUT2D eigenvalue weighted by molar-refractivity contribution is 8.04. The number of benzene rings is 1. The largest absolute Gasteiger partial charge is 0.508 e. The van der Waals surface area contributed by atoms with Crippen LogP contribution in [-0.4, -0.2) is 24.7 Å². The van der Waals surface area contributed by atoms with E-state index >= 15 is 0 Å². The van der Waals surface area contributed by atoms with Crippen LogP contribution in [0.5, 0.6) is 5.75 Å². The maximum Gasteiger partial charge on any atom is 0.377 e. The van der Waals surface area contributed by atoms with Crippen molar-refractivity contribution in [2.45, 2.75) is 4.90 Å². The number of hydrogen-bond donors (Lipinski definition) is 2. The van der Waals surface area contributed by atoms with Gasteiger partial charge in [-0.3, -0.25) is 4.57 Å². The number of hydrogen-bond acceptors (Lipinski definition) is 4. The molecular formula is C7H9Cl2O5PS. The number of halogens is 2. The van der Waals surface area contributed by atoms with Crippen LogP contribution >= 0.6 is 28.6 Å². The minimum atomic E-state index is -3.69. The second kappa shape index (κ2) is 5.89. The summed E-state index contributed by atoms with van der Waals surface area (Å²) in [4.78, 5) is 7.83. The molecule has 16 heavy (non-hydrogen) atoms. The van der Waals surface area contributed by atoms with Crippen molar-refractivity contribution in [3.05, 3.63) is 24.3 Å². The third-order valence-corrected chi connectivity index (χ3v) is 2.39. The van der Waals surface area contributed by atoms with Gasteiger partial charge in [0.05, 0.1) is 4.90 Å². The monoisotopic (exact) mass is 306 g/mol. The van der Waals surface area contributed by atoms with Crippen molar-refractivity contribution < 1.29 is 23.0 Å². The van der Waals surface area contributed by atoms with Crippen molar-refractivity contribution in [2.24, 2.45) is 0 Å². The van der Waals surface area contributed by atoms with Crippen LogP contribution < -0.4 is 0 Å². The Balaban J connectivity index is 0.000000385. The van der Waals surface area contributed by atoms with E-state index < -0.39 is 15.9 Å². The zero-order chi connectivity index (χ0) is 13.0. The average molecular weight is 307 g/mol. The number of aromatic hydroxyl groups is 1. The average Bonchev–Trinajstić information content (AvgIpc) is 1.99. The Morgan fingerprint density at radius 1 is 1.19 bits per heavy atom. The van der Waals surface area contributed by atoms with E-state index in [1.165, 1.54) is 24.3 Å². The van der Waals surface area contributed by atoms with E-state index in [1.807, 2.05) is 0 Å². The highest BCUT2D eigenvalue weighted by Gasteiger charge is 2.04. The molecule has 0 aliphatic rings. The first-order valence-corrected chi connectivity index (χ1v) is 9.07. The third kappa shape index (κ3) is 9.00. The quantitative estimate of drug-likeness (QED) is 0.777. The molecule has 0 amide bonds. The van der Waals surface area contributed by atoms with E-state index in [0.29, 0.717) is 0 Å². The van der Waals surface area contributed by atoms with Crippen LogP contribution in [0.4, 0.5) is 0 Å². The van der Waals surface area contributed by atoms with Gasteiger partial charge in [0.25, 0.3) is 0 Å². The fourth-order valence-electron chi connectivity index (χ4n) is 0.693. The topological polar surface area (TPSA) is 91.7 Å². The Morgan fingerprint density at radius 3 is 1.75 bits per heavy atom. The molecule has 0 atom stereocenters. The lowest BCUT2D eigenvalue weighted by Crippen LogP contribution is -1.95. The van der Waals surface area contributed by atoms with Gasteiger partial charge in [-0.1, -0.05) is 0 Å². The normalized spacial score (nSPS) is 11.5. The van der Waals surface area contributed by atoms with Crippen molar-refractivity contribution in [3.63, 3.8) is 0 Å². The molecule has 1 aromatic rings. The van der Waals surface area contributed by atoms with Gasteiger partial charge in [-0.25, -0.2) is 8.42 Å². The van der Waals surface area contributed by atoms with E-state index in [2.05, 4.69) is 22.5 Å². The fraction of sp³-hybridized carbons (Fsp3) is 0.143. The molecule has 92 valence electrons. The SMILES string of the molecule is CS(=O)(=O)c1ccc(O)cc1.O=P(O)(Cl)Cl. The predicted molar refractivity (Wildman–Crippen MR) is 62.7 cm³/mol. The first kappa shape index (κ1) is 15.7. The Hall–Kier alpha value is -0.260. The second-order valence-corrected chi connectivity index (χ2v) is 8.85. The van der Waals surface area contributed by atoms with Crippen molar-refractivity contribution in [1.82, 2.24) is 0 Å². The van der Waals surface area contributed by atoms with Crippen molar-refractivity contribution in [3.8, 4) is 5.75 Å². The second-order valence-electron chi connectivity index (χ2n) is 2.70. The smallest absolute Gasteiger partial charge is 0.377 e. The molecule has 0 aromatic heterocycles. The summed E-state index contributed by atoms with van der Waals surface area (Å²) in [7, 11) is -3.13. The number of sulfone groups is 1. The molecule has 0 saturated heterocycles. The van der Waals surface area contributed by atoms with E-state index in [1.54, 1.807) is 0 Å². The summed E-state index contributed by atoms with van der Waals surface area (Å²) >= 11 is 8.81. The minimum Gasteiger partial charge on any atom is -0.508 e. The van der Waals surface area contributed by atoms with E-state index in [9.17, 15) is 13.0 Å². The van der Waals surface area contributed by atoms with Crippen LogP contribution in [-0.2, 0) is 14.4 Å². The summed E-state index contributed by atoms with van der Waals surface area (Å²) in [6.45, 7) is 0. The Kier molecular flexibility index (Phi) is 5.79. The molecule has 0 heterocycles. The van der Waals surface area contributed by atoms with Crippen LogP contribution in [0.25, 0.3) is 0 Å². The van der Waals surface area contributed by atoms with E-state index in [0.717, 1.165) is 6.26 Å². The van der Waals surface area contributed by atoms with Crippen molar-refractivity contribution in [1.29, 1.82) is 0 Å². The molecule has 1 rings (SSSR count). The van der Waals surface area contributed by atoms with Crippen LogP contribution in [0.15, 0.2) is 29.2 Å². The lowest BCUT2D eigenvalue weighted by Gasteiger charge is -1.96. The number of phenolic OH excluding ortho intramolecular Hbond substituents is 1. The highest BCUT2D eigenvalue weighted by Crippen LogP contribution is 2.51. The van der Waals surface area contributed by atoms with Gasteiger partial charge >= 0.3 is 6.07 Å². The molecule has 1 aromatic carbocycles. The third-order valence-electron chi connectivity index (χ3n) is 1.26. The van der Waals surface area contributed by atoms with Gasteiger partial charge in [-0.05, 0) is 46.7 Å². The summed E-state index contributed by atoms with van der Waals surface area (Å²) < 4.78 is 31.0. The lowest BCUT2D eigenvalue weighted by molar-refractivity contribution is 0.475. The molecule has 0 saturated carbocycles. The molecule has 0 radical (unpaired) electrons. The molecule has 5 nitrogen and oxygen atoms in total. The standard InChI is InChI=1S/C7H8O3S.Cl2HO2P/c1-11(9,10)7-4-2-6(8)3-5-7;1-5(2,3)4/h2-5,8H,1H3;(H,3,4). The molecule has 0 unspecified atom stereocenters. The van der Waals surface area contributed by atoms with Crippen LogP contribution in [0.2, 0.25) is 0 Å². The number of phenols is 1. The van der Waals surface area contributed by atoms with Crippen molar-refractivity contribution in [2.75, 3.05) is 6.26 Å². The predicted octanol–water partition coefficient (Wildman–Crippen LogP) is 2.36. The Morgan fingerprint density at radius 2 is 1.50 bits per heavy atom. The molecule has 0 spiro atoms. The summed E-state index contributed by atoms with van der Waals surface area (Å²) in [5, 5.41) is 8.83. The van der Waals surface area contributed by atoms with E-state index in [-0.39, 0.29) is 10.6 Å². The zero-order valence-electron chi connectivity index (χ0n) is 8.04. The number of rotatable bonds is 1. The molecule has 0 aliphatic carbocycles. The van der Waals surface area contributed by atoms with Crippen LogP contribution in [0.3, 0.4) is 0 Å². The molecular weight excluding hydrogens is 298 g/mol. The maximum absolute atomic E-state index is 10.9. The van der Waals surface area contributed by atoms with Gasteiger partial charge in [-0.2, -0.15) is 0 Å². The van der Waals surface area contributed by atoms with Gasteiger partial charge < -0.3 is 10.00 Å². The van der Waals surface area contributed by atoms with E-state index in [4.69, 9.17) is 10.00 Å². The Labute approximate surface area is 103 Å². The molecule has 0 bridgehead atoms. The van der Waals surface area contributed by atoms with Gasteiger partial charge in [0.1, 0.15) is 5.75 Å². The molecule has 2 N–H and O–H groups in total. The van der Waals surface area contributed by atoms with Gasteiger partial charge in [0.2, 0.25) is 0 Å². The first-order chi connectivity index (χ1) is 7.00. The minimum absolute atomic E-state index is 0.0670. The van der Waals surface area contributed by atoms with Gasteiger partial charge in [-0.15, -0.1) is 0 Å². The highest BCUT2D eigenvalue weighted by atomic mass is 35.9. The molecule has 9 heteroatoms.